The topological polar surface area (TPSA) is 101 Å². The molecule has 0 spiro atoms. The lowest BCUT2D eigenvalue weighted by Crippen LogP contribution is -2.16. The molecule has 2 amide bonds. The van der Waals surface area contributed by atoms with Crippen molar-refractivity contribution in [3.8, 4) is 0 Å². The number of rotatable bonds is 6. The van der Waals surface area contributed by atoms with Gasteiger partial charge in [-0.15, -0.1) is 0 Å². The summed E-state index contributed by atoms with van der Waals surface area (Å²) in [6, 6.07) is 7.53. The Labute approximate surface area is 114 Å². The van der Waals surface area contributed by atoms with E-state index in [0.717, 1.165) is 11.0 Å². The summed E-state index contributed by atoms with van der Waals surface area (Å²) in [5.41, 5.74) is 6.68. The van der Waals surface area contributed by atoms with E-state index in [1.807, 2.05) is 24.3 Å². The number of para-hydroxylation sites is 2. The third-order valence-electron chi connectivity index (χ3n) is 2.36. The minimum absolute atomic E-state index is 0.143. The van der Waals surface area contributed by atoms with E-state index in [1.165, 1.54) is 11.8 Å². The maximum atomic E-state index is 11.6. The van der Waals surface area contributed by atoms with Crippen LogP contribution in [-0.2, 0) is 9.59 Å². The Morgan fingerprint density at radius 3 is 2.89 bits per heavy atom. The van der Waals surface area contributed by atoms with Gasteiger partial charge in [-0.25, -0.2) is 4.98 Å². The van der Waals surface area contributed by atoms with E-state index >= 15 is 0 Å². The van der Waals surface area contributed by atoms with Crippen molar-refractivity contribution in [2.24, 2.45) is 5.73 Å². The van der Waals surface area contributed by atoms with Crippen LogP contribution in [0.1, 0.15) is 6.42 Å². The molecule has 7 heteroatoms. The van der Waals surface area contributed by atoms with Crippen LogP contribution in [0, 0.1) is 0 Å². The number of carbonyl (C=O) groups is 2. The van der Waals surface area contributed by atoms with Gasteiger partial charge in [-0.1, -0.05) is 12.1 Å². The number of hydrogen-bond acceptors (Lipinski definition) is 4. The van der Waals surface area contributed by atoms with Crippen molar-refractivity contribution in [3.63, 3.8) is 0 Å². The standard InChI is InChI=1S/C12H14N4O2S/c13-10(17)7-19-6-5-11(18)16-12-14-8-3-1-2-4-9(8)15-12/h1-4H,5-7H2,(H2,13,17)(H2,14,15,16,18). The van der Waals surface area contributed by atoms with Crippen molar-refractivity contribution in [2.45, 2.75) is 6.42 Å². The maximum absolute atomic E-state index is 11.6. The lowest BCUT2D eigenvalue weighted by molar-refractivity contribution is -0.116. The van der Waals surface area contributed by atoms with Crippen molar-refractivity contribution >= 4 is 40.6 Å². The number of aromatic amines is 1. The number of nitrogens with zero attached hydrogens (tertiary/aromatic N) is 1. The fraction of sp³-hybridized carbons (Fsp3) is 0.250. The zero-order chi connectivity index (χ0) is 13.7. The van der Waals surface area contributed by atoms with Crippen LogP contribution in [0.5, 0.6) is 0 Å². The Morgan fingerprint density at radius 2 is 2.16 bits per heavy atom. The molecule has 0 aliphatic carbocycles. The number of nitrogens with two attached hydrogens (primary N) is 1. The summed E-state index contributed by atoms with van der Waals surface area (Å²) < 4.78 is 0. The Bertz CT molecular complexity index is 563. The molecule has 0 saturated heterocycles. The molecule has 0 bridgehead atoms. The van der Waals surface area contributed by atoms with Gasteiger partial charge >= 0.3 is 0 Å². The lowest BCUT2D eigenvalue weighted by Gasteiger charge is -2.00. The van der Waals surface area contributed by atoms with Crippen molar-refractivity contribution in [2.75, 3.05) is 16.8 Å². The van der Waals surface area contributed by atoms with Gasteiger partial charge in [-0.2, -0.15) is 11.8 Å². The Balaban J connectivity index is 1.83. The van der Waals surface area contributed by atoms with Crippen LogP contribution in [0.3, 0.4) is 0 Å². The molecule has 6 nitrogen and oxygen atoms in total. The second kappa shape index (κ2) is 6.24. The number of imidazole rings is 1. The molecule has 19 heavy (non-hydrogen) atoms. The Morgan fingerprint density at radius 1 is 1.37 bits per heavy atom. The fourth-order valence-electron chi connectivity index (χ4n) is 1.54. The third kappa shape index (κ3) is 3.99. The van der Waals surface area contributed by atoms with Gasteiger partial charge in [-0.3, -0.25) is 14.9 Å². The molecule has 0 atom stereocenters. The third-order valence-corrected chi connectivity index (χ3v) is 3.35. The molecule has 2 rings (SSSR count). The molecule has 0 fully saturated rings. The van der Waals surface area contributed by atoms with Crippen molar-refractivity contribution in [3.05, 3.63) is 24.3 Å². The summed E-state index contributed by atoms with van der Waals surface area (Å²) in [4.78, 5) is 29.4. The molecular weight excluding hydrogens is 264 g/mol. The fourth-order valence-corrected chi connectivity index (χ4v) is 2.22. The Hall–Kier alpha value is -2.02. The predicted molar refractivity (Wildman–Crippen MR) is 75.9 cm³/mol. The van der Waals surface area contributed by atoms with Crippen LogP contribution < -0.4 is 11.1 Å². The molecular formula is C12H14N4O2S. The smallest absolute Gasteiger partial charge is 0.227 e. The minimum atomic E-state index is -0.373. The van der Waals surface area contributed by atoms with E-state index in [9.17, 15) is 9.59 Å². The molecule has 2 aromatic rings. The second-order valence-electron chi connectivity index (χ2n) is 3.92. The molecule has 1 aromatic heterocycles. The van der Waals surface area contributed by atoms with Crippen LogP contribution in [0.25, 0.3) is 11.0 Å². The van der Waals surface area contributed by atoms with Crippen LogP contribution >= 0.6 is 11.8 Å². The van der Waals surface area contributed by atoms with E-state index in [2.05, 4.69) is 15.3 Å². The van der Waals surface area contributed by atoms with Gasteiger partial charge < -0.3 is 10.7 Å². The van der Waals surface area contributed by atoms with Gasteiger partial charge in [0.2, 0.25) is 17.8 Å². The number of nitrogens with one attached hydrogen (secondary N) is 2. The van der Waals surface area contributed by atoms with Crippen molar-refractivity contribution < 1.29 is 9.59 Å². The molecule has 100 valence electrons. The number of primary amides is 1. The highest BCUT2D eigenvalue weighted by Crippen LogP contribution is 2.13. The molecule has 0 unspecified atom stereocenters. The Kier molecular flexibility index (Phi) is 4.40. The first-order valence-electron chi connectivity index (χ1n) is 5.76. The molecule has 0 saturated carbocycles. The average Bonchev–Trinajstić information content (AvgIpc) is 2.76. The highest BCUT2D eigenvalue weighted by molar-refractivity contribution is 7.99. The number of fused-ring (bicyclic) bond motifs is 1. The molecule has 4 N–H and O–H groups in total. The minimum Gasteiger partial charge on any atom is -0.369 e. The van der Waals surface area contributed by atoms with Gasteiger partial charge in [0.05, 0.1) is 16.8 Å². The summed E-state index contributed by atoms with van der Waals surface area (Å²) in [6.45, 7) is 0. The van der Waals surface area contributed by atoms with E-state index in [0.29, 0.717) is 18.1 Å². The SMILES string of the molecule is NC(=O)CSCCC(=O)Nc1nc2ccccc2[nH]1. The number of H-pyrrole nitrogens is 1. The monoisotopic (exact) mass is 278 g/mol. The number of anilines is 1. The first kappa shape index (κ1) is 13.4. The molecule has 1 heterocycles. The summed E-state index contributed by atoms with van der Waals surface area (Å²) in [6.07, 6.45) is 0.314. The van der Waals surface area contributed by atoms with Crippen LogP contribution in [0.15, 0.2) is 24.3 Å². The average molecular weight is 278 g/mol. The van der Waals surface area contributed by atoms with Crippen LogP contribution in [0.2, 0.25) is 0 Å². The van der Waals surface area contributed by atoms with E-state index in [1.54, 1.807) is 0 Å². The first-order chi connectivity index (χ1) is 9.15. The van der Waals surface area contributed by atoms with Gasteiger partial charge in [0.15, 0.2) is 0 Å². The highest BCUT2D eigenvalue weighted by Gasteiger charge is 2.06. The first-order valence-corrected chi connectivity index (χ1v) is 6.91. The number of amides is 2. The lowest BCUT2D eigenvalue weighted by atomic mass is 10.3. The van der Waals surface area contributed by atoms with Gasteiger partial charge in [0, 0.05) is 12.2 Å². The van der Waals surface area contributed by atoms with Crippen molar-refractivity contribution in [1.29, 1.82) is 0 Å². The van der Waals surface area contributed by atoms with Crippen LogP contribution in [0.4, 0.5) is 5.95 Å². The number of benzene rings is 1. The summed E-state index contributed by atoms with van der Waals surface area (Å²) in [7, 11) is 0. The quantitative estimate of drug-likeness (QED) is 0.689. The molecule has 0 aliphatic heterocycles. The second-order valence-corrected chi connectivity index (χ2v) is 5.02. The zero-order valence-electron chi connectivity index (χ0n) is 10.2. The predicted octanol–water partition coefficient (Wildman–Crippen LogP) is 1.11. The van der Waals surface area contributed by atoms with Gasteiger partial charge in [0.25, 0.3) is 0 Å². The highest BCUT2D eigenvalue weighted by atomic mass is 32.2. The molecule has 0 radical (unpaired) electrons. The van der Waals surface area contributed by atoms with E-state index in [4.69, 9.17) is 5.73 Å². The molecule has 0 aliphatic rings. The zero-order valence-corrected chi connectivity index (χ0v) is 11.0. The largest absolute Gasteiger partial charge is 0.369 e. The summed E-state index contributed by atoms with van der Waals surface area (Å²) >= 11 is 1.34. The molecule has 1 aromatic carbocycles. The number of thioether (sulfide) groups is 1. The normalized spacial score (nSPS) is 10.5. The number of hydrogen-bond donors (Lipinski definition) is 3. The van der Waals surface area contributed by atoms with Gasteiger partial charge in [0.1, 0.15) is 0 Å². The number of carbonyl (C=O) groups excluding carboxylic acids is 2. The summed E-state index contributed by atoms with van der Waals surface area (Å²) in [5, 5.41) is 2.68. The van der Waals surface area contributed by atoms with Gasteiger partial charge in [-0.05, 0) is 12.1 Å². The maximum Gasteiger partial charge on any atom is 0.227 e. The van der Waals surface area contributed by atoms with E-state index in [-0.39, 0.29) is 17.6 Å². The van der Waals surface area contributed by atoms with Crippen molar-refractivity contribution in [1.82, 2.24) is 9.97 Å². The van der Waals surface area contributed by atoms with E-state index < -0.39 is 0 Å². The number of aromatic nitrogens is 2. The summed E-state index contributed by atoms with van der Waals surface area (Å²) in [5.74, 6) is 0.706. The van der Waals surface area contributed by atoms with Crippen LogP contribution in [-0.4, -0.2) is 33.3 Å².